The van der Waals surface area contributed by atoms with Crippen molar-refractivity contribution in [1.82, 2.24) is 0 Å². The van der Waals surface area contributed by atoms with Crippen molar-refractivity contribution in [2.75, 3.05) is 0 Å². The van der Waals surface area contributed by atoms with Crippen molar-refractivity contribution >= 4 is 22.6 Å². The molecule has 0 saturated heterocycles. The van der Waals surface area contributed by atoms with E-state index in [1.807, 2.05) is 0 Å². The van der Waals surface area contributed by atoms with Crippen LogP contribution in [0.2, 0.25) is 0 Å². The average Bonchev–Trinajstić information content (AvgIpc) is 2.12. The molecule has 0 spiro atoms. The van der Waals surface area contributed by atoms with Crippen molar-refractivity contribution in [3.63, 3.8) is 0 Å². The fourth-order valence-corrected chi connectivity index (χ4v) is 1.20. The summed E-state index contributed by atoms with van der Waals surface area (Å²) in [6.45, 7) is 1.72. The Balaban J connectivity index is 5.84. The Bertz CT molecular complexity index is 391. The van der Waals surface area contributed by atoms with Crippen LogP contribution in [0.15, 0.2) is 9.66 Å². The molecule has 0 unspecified atom stereocenters. The Morgan fingerprint density at radius 2 is 1.20 bits per heavy atom. The normalized spacial score (nSPS) is 16.6. The lowest BCUT2D eigenvalue weighted by molar-refractivity contribution is -0.388. The van der Waals surface area contributed by atoms with Crippen molar-refractivity contribution in [1.29, 1.82) is 0 Å². The lowest BCUT2D eigenvalue weighted by atomic mass is 10.0. The monoisotopic (exact) mass is 430 g/mol. The molecule has 1 nitrogen and oxygen atoms in total. The van der Waals surface area contributed by atoms with E-state index in [2.05, 4.69) is 0 Å². The molecule has 0 aromatic rings. The Labute approximate surface area is 121 Å². The number of aliphatic hydroxyl groups is 1. The highest BCUT2D eigenvalue weighted by molar-refractivity contribution is 14.1. The fourth-order valence-electron chi connectivity index (χ4n) is 0.814. The standard InChI is InChI=1S/C9H8F9IO/c1-5(2,20)4(19)3-6(10,11)7(12,13)8(14,15)9(16,17)18/h3,20H,1-2H3. The molecule has 0 aliphatic heterocycles. The minimum atomic E-state index is -6.93. The summed E-state index contributed by atoms with van der Waals surface area (Å²) in [7, 11) is 0. The summed E-state index contributed by atoms with van der Waals surface area (Å²) in [6, 6.07) is 0. The lowest BCUT2D eigenvalue weighted by Crippen LogP contribution is -2.60. The van der Waals surface area contributed by atoms with Gasteiger partial charge in [0, 0.05) is 9.66 Å². The highest BCUT2D eigenvalue weighted by Gasteiger charge is 2.81. The van der Waals surface area contributed by atoms with Gasteiger partial charge in [-0.15, -0.1) is 0 Å². The highest BCUT2D eigenvalue weighted by atomic mass is 127. The van der Waals surface area contributed by atoms with Gasteiger partial charge in [0.15, 0.2) is 0 Å². The van der Waals surface area contributed by atoms with Crippen molar-refractivity contribution in [2.45, 2.75) is 43.4 Å². The van der Waals surface area contributed by atoms with Gasteiger partial charge in [0.1, 0.15) is 0 Å². The summed E-state index contributed by atoms with van der Waals surface area (Å²) in [4.78, 5) is 0. The molecule has 0 bridgehead atoms. The van der Waals surface area contributed by atoms with Crippen molar-refractivity contribution < 1.29 is 44.6 Å². The summed E-state index contributed by atoms with van der Waals surface area (Å²) in [6.07, 6.45) is -7.67. The third kappa shape index (κ3) is 3.52. The first kappa shape index (κ1) is 19.8. The van der Waals surface area contributed by atoms with Gasteiger partial charge in [-0.2, -0.15) is 39.5 Å². The number of allylic oxidation sites excluding steroid dienone is 1. The van der Waals surface area contributed by atoms with E-state index in [-0.39, 0.29) is 0 Å². The van der Waals surface area contributed by atoms with Crippen LogP contribution in [-0.2, 0) is 0 Å². The second kappa shape index (κ2) is 5.21. The molecule has 120 valence electrons. The maximum atomic E-state index is 13.1. The number of rotatable bonds is 4. The quantitative estimate of drug-likeness (QED) is 0.513. The molecule has 11 heteroatoms. The molecule has 0 aromatic heterocycles. The molecular weight excluding hydrogens is 422 g/mol. The summed E-state index contributed by atoms with van der Waals surface area (Å²) in [5.41, 5.74) is -2.10. The van der Waals surface area contributed by atoms with E-state index in [1.54, 1.807) is 0 Å². The number of hydrogen-bond donors (Lipinski definition) is 1. The maximum absolute atomic E-state index is 13.1. The number of alkyl halides is 9. The Hall–Kier alpha value is -0.200. The Morgan fingerprint density at radius 3 is 1.45 bits per heavy atom. The van der Waals surface area contributed by atoms with Crippen LogP contribution in [0.25, 0.3) is 0 Å². The minimum Gasteiger partial charge on any atom is -0.385 e. The molecule has 0 saturated carbocycles. The van der Waals surface area contributed by atoms with E-state index in [1.165, 1.54) is 0 Å². The number of hydrogen-bond acceptors (Lipinski definition) is 1. The van der Waals surface area contributed by atoms with Crippen LogP contribution in [0, 0.1) is 0 Å². The molecule has 0 aromatic carbocycles. The van der Waals surface area contributed by atoms with Crippen molar-refractivity contribution in [3.8, 4) is 0 Å². The zero-order chi connectivity index (χ0) is 16.8. The van der Waals surface area contributed by atoms with E-state index in [9.17, 15) is 44.6 Å². The molecule has 1 N–H and O–H groups in total. The summed E-state index contributed by atoms with van der Waals surface area (Å²) >= 11 is 0.934. The molecule has 0 aliphatic rings. The van der Waals surface area contributed by atoms with Crippen LogP contribution >= 0.6 is 22.6 Å². The molecule has 0 heterocycles. The second-order valence-corrected chi connectivity index (χ2v) is 5.48. The molecule has 20 heavy (non-hydrogen) atoms. The number of halogens is 10. The van der Waals surface area contributed by atoms with Crippen LogP contribution in [0.5, 0.6) is 0 Å². The first-order valence-corrected chi connectivity index (χ1v) is 5.77. The van der Waals surface area contributed by atoms with E-state index in [0.29, 0.717) is 0 Å². The lowest BCUT2D eigenvalue weighted by Gasteiger charge is -2.33. The molecule has 0 rings (SSSR count). The van der Waals surface area contributed by atoms with Gasteiger partial charge in [0.2, 0.25) is 0 Å². The molecule has 0 fully saturated rings. The van der Waals surface area contributed by atoms with Gasteiger partial charge in [0.25, 0.3) is 0 Å². The van der Waals surface area contributed by atoms with Gasteiger partial charge < -0.3 is 5.11 Å². The van der Waals surface area contributed by atoms with Gasteiger partial charge in [-0.05, 0) is 36.4 Å². The van der Waals surface area contributed by atoms with Gasteiger partial charge >= 0.3 is 23.9 Å². The van der Waals surface area contributed by atoms with Crippen LogP contribution < -0.4 is 0 Å². The predicted octanol–water partition coefficient (Wildman–Crippen LogP) is 4.54. The van der Waals surface area contributed by atoms with Crippen LogP contribution in [0.4, 0.5) is 39.5 Å². The van der Waals surface area contributed by atoms with Crippen molar-refractivity contribution in [3.05, 3.63) is 9.66 Å². The molecule has 0 amide bonds. The third-order valence-corrected chi connectivity index (χ3v) is 3.69. The van der Waals surface area contributed by atoms with Gasteiger partial charge in [0.05, 0.1) is 5.60 Å². The van der Waals surface area contributed by atoms with Crippen LogP contribution in [0.3, 0.4) is 0 Å². The summed E-state index contributed by atoms with van der Waals surface area (Å²) < 4.78 is 111. The van der Waals surface area contributed by atoms with Gasteiger partial charge in [-0.1, -0.05) is 0 Å². The predicted molar refractivity (Wildman–Crippen MR) is 59.3 cm³/mol. The molecular formula is C9H8F9IO. The van der Waals surface area contributed by atoms with E-state index in [4.69, 9.17) is 0 Å². The van der Waals surface area contributed by atoms with E-state index < -0.39 is 39.2 Å². The highest BCUT2D eigenvalue weighted by Crippen LogP contribution is 2.54. The molecule has 0 radical (unpaired) electrons. The van der Waals surface area contributed by atoms with E-state index >= 15 is 0 Å². The maximum Gasteiger partial charge on any atom is 0.460 e. The van der Waals surface area contributed by atoms with Crippen LogP contribution in [-0.4, -0.2) is 34.7 Å². The second-order valence-electron chi connectivity index (χ2n) is 4.32. The minimum absolute atomic E-state index is 0.812. The van der Waals surface area contributed by atoms with Gasteiger partial charge in [-0.3, -0.25) is 0 Å². The first-order chi connectivity index (χ1) is 8.38. The first-order valence-electron chi connectivity index (χ1n) is 4.69. The smallest absolute Gasteiger partial charge is 0.385 e. The van der Waals surface area contributed by atoms with E-state index in [0.717, 1.165) is 36.4 Å². The summed E-state index contributed by atoms with van der Waals surface area (Å²) in [5, 5.41) is 9.21. The Kier molecular flexibility index (Phi) is 5.16. The molecule has 0 aliphatic carbocycles. The topological polar surface area (TPSA) is 20.2 Å². The zero-order valence-corrected chi connectivity index (χ0v) is 12.0. The molecule has 0 atom stereocenters. The summed E-state index contributed by atoms with van der Waals surface area (Å²) in [5.74, 6) is -19.5. The largest absolute Gasteiger partial charge is 0.460 e. The fraction of sp³-hybridized carbons (Fsp3) is 0.778. The SMILES string of the molecule is CC(C)(O)C(I)=CC(F)(F)C(F)(F)C(F)(F)C(F)(F)F. The third-order valence-electron chi connectivity index (χ3n) is 2.06. The van der Waals surface area contributed by atoms with Crippen molar-refractivity contribution in [2.24, 2.45) is 0 Å². The van der Waals surface area contributed by atoms with Gasteiger partial charge in [-0.25, -0.2) is 0 Å². The average molecular weight is 430 g/mol. The Morgan fingerprint density at radius 1 is 0.850 bits per heavy atom. The van der Waals surface area contributed by atoms with Crippen LogP contribution in [0.1, 0.15) is 13.8 Å². The zero-order valence-electron chi connectivity index (χ0n) is 9.80.